The van der Waals surface area contributed by atoms with E-state index < -0.39 is 10.0 Å². The van der Waals surface area contributed by atoms with Crippen molar-refractivity contribution in [2.45, 2.75) is 37.1 Å². The van der Waals surface area contributed by atoms with Crippen molar-refractivity contribution in [2.24, 2.45) is 5.92 Å². The summed E-state index contributed by atoms with van der Waals surface area (Å²) in [7, 11) is -3.75. The number of para-hydroxylation sites is 1. The average molecular weight is 453 g/mol. The van der Waals surface area contributed by atoms with Crippen molar-refractivity contribution in [3.8, 4) is 0 Å². The van der Waals surface area contributed by atoms with Gasteiger partial charge in [0.25, 0.3) is 0 Å². The molecule has 0 aromatic heterocycles. The average Bonchev–Trinajstić information content (AvgIpc) is 3.05. The highest BCUT2D eigenvalue weighted by Crippen LogP contribution is 2.36. The number of rotatable bonds is 3. The third kappa shape index (κ3) is 3.79. The van der Waals surface area contributed by atoms with Crippen LogP contribution in [0.3, 0.4) is 0 Å². The van der Waals surface area contributed by atoms with Crippen molar-refractivity contribution in [2.75, 3.05) is 18.0 Å². The smallest absolute Gasteiger partial charge is 0.244 e. The molecule has 0 spiro atoms. The van der Waals surface area contributed by atoms with Crippen molar-refractivity contribution in [1.82, 2.24) is 4.31 Å². The zero-order chi connectivity index (χ0) is 20.8. The van der Waals surface area contributed by atoms with Crippen molar-refractivity contribution >= 4 is 44.8 Å². The third-order valence-electron chi connectivity index (χ3n) is 5.76. The molecule has 4 rings (SSSR count). The van der Waals surface area contributed by atoms with Crippen LogP contribution in [0.5, 0.6) is 0 Å². The lowest BCUT2D eigenvalue weighted by Crippen LogP contribution is -2.46. The zero-order valence-corrected chi connectivity index (χ0v) is 18.3. The Morgan fingerprint density at radius 1 is 1.07 bits per heavy atom. The molecule has 1 fully saturated rings. The summed E-state index contributed by atoms with van der Waals surface area (Å²) < 4.78 is 27.4. The van der Waals surface area contributed by atoms with E-state index in [9.17, 15) is 13.2 Å². The predicted octanol–water partition coefficient (Wildman–Crippen LogP) is 4.37. The van der Waals surface area contributed by atoms with Crippen LogP contribution >= 0.6 is 23.2 Å². The normalized spacial score (nSPS) is 20.7. The number of sulfonamides is 1. The van der Waals surface area contributed by atoms with Gasteiger partial charge in [-0.15, -0.1) is 0 Å². The number of nitrogens with zero attached hydrogens (tertiary/aromatic N) is 2. The monoisotopic (exact) mass is 452 g/mol. The van der Waals surface area contributed by atoms with Crippen LogP contribution in [-0.2, 0) is 21.2 Å². The Balaban J connectivity index is 1.48. The Labute approximate surface area is 181 Å². The number of anilines is 1. The zero-order valence-electron chi connectivity index (χ0n) is 16.0. The Morgan fingerprint density at radius 2 is 1.76 bits per heavy atom. The van der Waals surface area contributed by atoms with Crippen LogP contribution in [0.25, 0.3) is 0 Å². The van der Waals surface area contributed by atoms with E-state index in [2.05, 4.69) is 13.0 Å². The van der Waals surface area contributed by atoms with Gasteiger partial charge < -0.3 is 4.90 Å². The molecular formula is C21H22Cl2N2O3S. The topological polar surface area (TPSA) is 57.7 Å². The number of piperidine rings is 1. The van der Waals surface area contributed by atoms with E-state index in [0.717, 1.165) is 12.1 Å². The number of hydrogen-bond acceptors (Lipinski definition) is 3. The molecule has 5 nitrogen and oxygen atoms in total. The van der Waals surface area contributed by atoms with Crippen molar-refractivity contribution in [1.29, 1.82) is 0 Å². The Kier molecular flexibility index (Phi) is 5.64. The molecule has 2 aromatic carbocycles. The molecule has 0 bridgehead atoms. The number of carbonyl (C=O) groups excluding carboxylic acids is 1. The predicted molar refractivity (Wildman–Crippen MR) is 115 cm³/mol. The molecule has 29 heavy (non-hydrogen) atoms. The Morgan fingerprint density at radius 3 is 2.48 bits per heavy atom. The van der Waals surface area contributed by atoms with Gasteiger partial charge in [-0.1, -0.05) is 41.4 Å². The van der Waals surface area contributed by atoms with Crippen LogP contribution in [0, 0.1) is 5.92 Å². The van der Waals surface area contributed by atoms with Gasteiger partial charge in [0.05, 0.1) is 5.02 Å². The van der Waals surface area contributed by atoms with Crippen molar-refractivity contribution in [3.63, 3.8) is 0 Å². The highest BCUT2D eigenvalue weighted by molar-refractivity contribution is 7.89. The van der Waals surface area contributed by atoms with Gasteiger partial charge >= 0.3 is 0 Å². The molecular weight excluding hydrogens is 431 g/mol. The molecule has 2 aromatic rings. The summed E-state index contributed by atoms with van der Waals surface area (Å²) in [5, 5.41) is 0.467. The maximum Gasteiger partial charge on any atom is 0.244 e. The molecule has 1 atom stereocenters. The van der Waals surface area contributed by atoms with Crippen LogP contribution in [-0.4, -0.2) is 37.8 Å². The Bertz CT molecular complexity index is 1050. The van der Waals surface area contributed by atoms with Crippen LogP contribution in [0.4, 0.5) is 5.69 Å². The molecule has 0 aliphatic carbocycles. The molecule has 8 heteroatoms. The van der Waals surface area contributed by atoms with Gasteiger partial charge in [-0.2, -0.15) is 4.31 Å². The molecule has 154 valence electrons. The van der Waals surface area contributed by atoms with Gasteiger partial charge in [-0.05, 0) is 56.0 Å². The first-order chi connectivity index (χ1) is 13.8. The SMILES string of the molecule is CC1Cc2ccccc2N1C(=O)C1CCN(S(=O)(=O)c2cc(Cl)ccc2Cl)CC1. The maximum absolute atomic E-state index is 13.2. The maximum atomic E-state index is 13.2. The first kappa shape index (κ1) is 20.7. The van der Waals surface area contributed by atoms with E-state index in [0.29, 0.717) is 17.9 Å². The molecule has 0 N–H and O–H groups in total. The third-order valence-corrected chi connectivity index (χ3v) is 8.37. The largest absolute Gasteiger partial charge is 0.309 e. The van der Waals surface area contributed by atoms with E-state index >= 15 is 0 Å². The van der Waals surface area contributed by atoms with E-state index in [1.165, 1.54) is 22.0 Å². The molecule has 1 saturated heterocycles. The molecule has 0 radical (unpaired) electrons. The van der Waals surface area contributed by atoms with Gasteiger partial charge in [0, 0.05) is 35.8 Å². The van der Waals surface area contributed by atoms with E-state index in [1.54, 1.807) is 6.07 Å². The molecule has 0 saturated carbocycles. The minimum Gasteiger partial charge on any atom is -0.309 e. The molecule has 1 amide bonds. The summed E-state index contributed by atoms with van der Waals surface area (Å²) in [5.41, 5.74) is 2.16. The van der Waals surface area contributed by atoms with Crippen molar-refractivity contribution in [3.05, 3.63) is 58.1 Å². The summed E-state index contributed by atoms with van der Waals surface area (Å²) in [6, 6.07) is 12.5. The number of benzene rings is 2. The van der Waals surface area contributed by atoms with Crippen LogP contribution in [0.2, 0.25) is 10.0 Å². The first-order valence-electron chi connectivity index (χ1n) is 9.65. The number of halogens is 2. The van der Waals surface area contributed by atoms with Gasteiger partial charge in [-0.25, -0.2) is 8.42 Å². The summed E-state index contributed by atoms with van der Waals surface area (Å²) in [6.07, 6.45) is 1.83. The minimum atomic E-state index is -3.75. The van der Waals surface area contributed by atoms with Crippen LogP contribution < -0.4 is 4.90 Å². The first-order valence-corrected chi connectivity index (χ1v) is 11.8. The lowest BCUT2D eigenvalue weighted by Gasteiger charge is -2.34. The van der Waals surface area contributed by atoms with Crippen molar-refractivity contribution < 1.29 is 13.2 Å². The minimum absolute atomic E-state index is 0.0125. The van der Waals surface area contributed by atoms with Gasteiger partial charge in [0.2, 0.25) is 15.9 Å². The highest BCUT2D eigenvalue weighted by Gasteiger charge is 2.38. The second kappa shape index (κ2) is 7.91. The van der Waals surface area contributed by atoms with E-state index in [1.807, 2.05) is 23.1 Å². The fourth-order valence-corrected chi connectivity index (χ4v) is 6.46. The lowest BCUT2D eigenvalue weighted by molar-refractivity contribution is -0.123. The van der Waals surface area contributed by atoms with Crippen LogP contribution in [0.15, 0.2) is 47.4 Å². The fraction of sp³-hybridized carbons (Fsp3) is 0.381. The second-order valence-electron chi connectivity index (χ2n) is 7.64. The summed E-state index contributed by atoms with van der Waals surface area (Å²) >= 11 is 12.1. The van der Waals surface area contributed by atoms with E-state index in [-0.39, 0.29) is 40.9 Å². The number of carbonyl (C=O) groups is 1. The van der Waals surface area contributed by atoms with Gasteiger partial charge in [0.1, 0.15) is 4.90 Å². The Hall–Kier alpha value is -1.60. The molecule has 2 heterocycles. The van der Waals surface area contributed by atoms with Gasteiger partial charge in [0.15, 0.2) is 0 Å². The number of amides is 1. The van der Waals surface area contributed by atoms with Gasteiger partial charge in [-0.3, -0.25) is 4.79 Å². The number of fused-ring (bicyclic) bond motifs is 1. The summed E-state index contributed by atoms with van der Waals surface area (Å²) in [6.45, 7) is 2.62. The quantitative estimate of drug-likeness (QED) is 0.694. The fourth-order valence-electron chi connectivity index (χ4n) is 4.26. The standard InChI is InChI=1S/C21H22Cl2N2O3S/c1-14-12-16-4-2-3-5-19(16)25(14)21(26)15-8-10-24(11-9-15)29(27,28)20-13-17(22)6-7-18(20)23/h2-7,13-15H,8-12H2,1H3. The summed E-state index contributed by atoms with van der Waals surface area (Å²) in [4.78, 5) is 15.1. The lowest BCUT2D eigenvalue weighted by atomic mass is 9.96. The molecule has 2 aliphatic rings. The second-order valence-corrected chi connectivity index (χ2v) is 10.4. The highest BCUT2D eigenvalue weighted by atomic mass is 35.5. The summed E-state index contributed by atoms with van der Waals surface area (Å²) in [5.74, 6) is -0.106. The molecule has 1 unspecified atom stereocenters. The van der Waals surface area contributed by atoms with E-state index in [4.69, 9.17) is 23.2 Å². The molecule has 2 aliphatic heterocycles. The van der Waals surface area contributed by atoms with Crippen LogP contribution in [0.1, 0.15) is 25.3 Å². The number of hydrogen-bond donors (Lipinski definition) is 0.